The van der Waals surface area contributed by atoms with Crippen LogP contribution in [0.2, 0.25) is 0 Å². The van der Waals surface area contributed by atoms with Crippen LogP contribution in [-0.2, 0) is 9.59 Å². The molecule has 0 aliphatic rings. The second kappa shape index (κ2) is 6.71. The number of hydrogen-bond donors (Lipinski definition) is 1. The fourth-order valence-electron chi connectivity index (χ4n) is 1.17. The number of aliphatic carboxylic acids is 1. The van der Waals surface area contributed by atoms with E-state index in [1.165, 1.54) is 11.8 Å². The Hall–Kier alpha value is -0.710. The number of nitrogens with zero attached hydrogens (tertiary/aromatic N) is 1. The molecule has 0 heterocycles. The molecule has 5 heteroatoms. The molecular formula is C10H19NO3S. The van der Waals surface area contributed by atoms with E-state index in [1.54, 1.807) is 4.90 Å². The lowest BCUT2D eigenvalue weighted by molar-refractivity contribution is -0.138. The maximum absolute atomic E-state index is 11.8. The van der Waals surface area contributed by atoms with Gasteiger partial charge >= 0.3 is 5.97 Å². The molecule has 88 valence electrons. The molecular weight excluding hydrogens is 214 g/mol. The van der Waals surface area contributed by atoms with E-state index in [0.29, 0.717) is 0 Å². The van der Waals surface area contributed by atoms with Crippen molar-refractivity contribution in [2.24, 2.45) is 0 Å². The van der Waals surface area contributed by atoms with Crippen molar-refractivity contribution in [1.82, 2.24) is 4.90 Å². The van der Waals surface area contributed by atoms with Gasteiger partial charge in [-0.3, -0.25) is 9.59 Å². The van der Waals surface area contributed by atoms with Crippen molar-refractivity contribution >= 4 is 23.6 Å². The summed E-state index contributed by atoms with van der Waals surface area (Å²) in [5.41, 5.74) is 0. The minimum absolute atomic E-state index is 0.00498. The summed E-state index contributed by atoms with van der Waals surface area (Å²) >= 11 is 1.47. The number of thioether (sulfide) groups is 1. The van der Waals surface area contributed by atoms with Gasteiger partial charge in [-0.2, -0.15) is 11.8 Å². The largest absolute Gasteiger partial charge is 0.481 e. The second-order valence-corrected chi connectivity index (χ2v) is 4.83. The SMILES string of the molecule is CSC(C)C(=O)N(CCC(=O)O)C(C)C. The highest BCUT2D eigenvalue weighted by Crippen LogP contribution is 2.12. The zero-order valence-electron chi connectivity index (χ0n) is 9.69. The van der Waals surface area contributed by atoms with Gasteiger partial charge in [0.15, 0.2) is 0 Å². The van der Waals surface area contributed by atoms with Gasteiger partial charge in [-0.15, -0.1) is 0 Å². The molecule has 1 N–H and O–H groups in total. The quantitative estimate of drug-likeness (QED) is 0.754. The lowest BCUT2D eigenvalue weighted by Gasteiger charge is -2.28. The average Bonchev–Trinajstić information content (AvgIpc) is 2.15. The highest BCUT2D eigenvalue weighted by molar-refractivity contribution is 7.99. The third-order valence-corrected chi connectivity index (χ3v) is 3.08. The fourth-order valence-corrected chi connectivity index (χ4v) is 1.51. The summed E-state index contributed by atoms with van der Waals surface area (Å²) < 4.78 is 0. The number of carboxylic acid groups (broad SMARTS) is 1. The van der Waals surface area contributed by atoms with Gasteiger partial charge < -0.3 is 10.0 Å². The number of carboxylic acids is 1. The summed E-state index contributed by atoms with van der Waals surface area (Å²) in [6.07, 6.45) is 1.88. The number of amides is 1. The molecule has 0 spiro atoms. The van der Waals surface area contributed by atoms with E-state index >= 15 is 0 Å². The fraction of sp³-hybridized carbons (Fsp3) is 0.800. The summed E-state index contributed by atoms with van der Waals surface area (Å²) in [4.78, 5) is 23.9. The van der Waals surface area contributed by atoms with Gasteiger partial charge in [0.05, 0.1) is 11.7 Å². The zero-order valence-corrected chi connectivity index (χ0v) is 10.5. The molecule has 0 aliphatic heterocycles. The van der Waals surface area contributed by atoms with Crippen LogP contribution >= 0.6 is 11.8 Å². The van der Waals surface area contributed by atoms with Crippen LogP contribution in [0.15, 0.2) is 0 Å². The topological polar surface area (TPSA) is 57.6 Å². The predicted molar refractivity (Wildman–Crippen MR) is 62.1 cm³/mol. The van der Waals surface area contributed by atoms with Crippen molar-refractivity contribution < 1.29 is 14.7 Å². The van der Waals surface area contributed by atoms with Crippen molar-refractivity contribution in [3.63, 3.8) is 0 Å². The Bertz CT molecular complexity index is 231. The van der Waals surface area contributed by atoms with Crippen molar-refractivity contribution in [3.05, 3.63) is 0 Å². The number of carbonyl (C=O) groups is 2. The van der Waals surface area contributed by atoms with Crippen molar-refractivity contribution in [2.75, 3.05) is 12.8 Å². The molecule has 0 saturated carbocycles. The molecule has 0 aromatic heterocycles. The van der Waals surface area contributed by atoms with Gasteiger partial charge in [0.2, 0.25) is 5.91 Å². The lowest BCUT2D eigenvalue weighted by atomic mass is 10.2. The second-order valence-electron chi connectivity index (χ2n) is 3.65. The summed E-state index contributed by atoms with van der Waals surface area (Å²) in [6, 6.07) is 0.0476. The minimum Gasteiger partial charge on any atom is -0.481 e. The van der Waals surface area contributed by atoms with Crippen LogP contribution < -0.4 is 0 Å². The molecule has 4 nitrogen and oxygen atoms in total. The number of hydrogen-bond acceptors (Lipinski definition) is 3. The van der Waals surface area contributed by atoms with Crippen molar-refractivity contribution in [1.29, 1.82) is 0 Å². The molecule has 0 rings (SSSR count). The third-order valence-electron chi connectivity index (χ3n) is 2.17. The van der Waals surface area contributed by atoms with Crippen LogP contribution in [-0.4, -0.2) is 46.0 Å². The van der Waals surface area contributed by atoms with E-state index in [-0.39, 0.29) is 30.2 Å². The highest BCUT2D eigenvalue weighted by Gasteiger charge is 2.22. The van der Waals surface area contributed by atoms with E-state index in [9.17, 15) is 9.59 Å². The maximum Gasteiger partial charge on any atom is 0.305 e. The lowest BCUT2D eigenvalue weighted by Crippen LogP contribution is -2.42. The van der Waals surface area contributed by atoms with E-state index in [4.69, 9.17) is 5.11 Å². The minimum atomic E-state index is -0.870. The molecule has 0 aromatic rings. The normalized spacial score (nSPS) is 12.6. The first-order valence-corrected chi connectivity index (χ1v) is 6.24. The van der Waals surface area contributed by atoms with Gasteiger partial charge in [-0.1, -0.05) is 0 Å². The Morgan fingerprint density at radius 3 is 2.20 bits per heavy atom. The van der Waals surface area contributed by atoms with E-state index < -0.39 is 5.97 Å². The Morgan fingerprint density at radius 1 is 1.33 bits per heavy atom. The standard InChI is InChI=1S/C10H19NO3S/c1-7(2)11(6-5-9(12)13)10(14)8(3)15-4/h7-8H,5-6H2,1-4H3,(H,12,13). The maximum atomic E-state index is 11.8. The Balaban J connectivity index is 4.38. The smallest absolute Gasteiger partial charge is 0.305 e. The van der Waals surface area contributed by atoms with E-state index in [2.05, 4.69) is 0 Å². The molecule has 1 unspecified atom stereocenters. The molecule has 0 radical (unpaired) electrons. The zero-order chi connectivity index (χ0) is 12.0. The van der Waals surface area contributed by atoms with Gasteiger partial charge in [0.25, 0.3) is 0 Å². The Labute approximate surface area is 95.0 Å². The molecule has 1 atom stereocenters. The van der Waals surface area contributed by atoms with Gasteiger partial charge in [-0.05, 0) is 27.0 Å². The summed E-state index contributed by atoms with van der Waals surface area (Å²) in [5.74, 6) is -0.857. The van der Waals surface area contributed by atoms with E-state index in [1.807, 2.05) is 27.0 Å². The highest BCUT2D eigenvalue weighted by atomic mass is 32.2. The first-order valence-electron chi connectivity index (χ1n) is 4.95. The Kier molecular flexibility index (Phi) is 6.40. The van der Waals surface area contributed by atoms with Crippen molar-refractivity contribution in [2.45, 2.75) is 38.5 Å². The number of rotatable bonds is 6. The van der Waals surface area contributed by atoms with Crippen molar-refractivity contribution in [3.8, 4) is 0 Å². The van der Waals surface area contributed by atoms with Crippen LogP contribution in [0.4, 0.5) is 0 Å². The van der Waals surface area contributed by atoms with Gasteiger partial charge in [0, 0.05) is 12.6 Å². The number of carbonyl (C=O) groups excluding carboxylic acids is 1. The predicted octanol–water partition coefficient (Wildman–Crippen LogP) is 1.45. The molecule has 0 aromatic carbocycles. The molecule has 0 bridgehead atoms. The third kappa shape index (κ3) is 5.06. The molecule has 0 saturated heterocycles. The average molecular weight is 233 g/mol. The van der Waals surface area contributed by atoms with Crippen LogP contribution in [0.5, 0.6) is 0 Å². The van der Waals surface area contributed by atoms with Gasteiger partial charge in [0.1, 0.15) is 0 Å². The van der Waals surface area contributed by atoms with E-state index in [0.717, 1.165) is 0 Å². The first kappa shape index (κ1) is 14.3. The van der Waals surface area contributed by atoms with Crippen LogP contribution in [0.25, 0.3) is 0 Å². The molecule has 0 aliphatic carbocycles. The Morgan fingerprint density at radius 2 is 1.87 bits per heavy atom. The monoisotopic (exact) mass is 233 g/mol. The van der Waals surface area contributed by atoms with Crippen LogP contribution in [0.1, 0.15) is 27.2 Å². The summed E-state index contributed by atoms with van der Waals surface area (Å²) in [6.45, 7) is 5.92. The molecule has 0 fully saturated rings. The summed E-state index contributed by atoms with van der Waals surface area (Å²) in [7, 11) is 0. The van der Waals surface area contributed by atoms with Crippen LogP contribution in [0.3, 0.4) is 0 Å². The van der Waals surface area contributed by atoms with Crippen LogP contribution in [0, 0.1) is 0 Å². The molecule has 1 amide bonds. The van der Waals surface area contributed by atoms with Gasteiger partial charge in [-0.25, -0.2) is 0 Å². The summed E-state index contributed by atoms with van der Waals surface area (Å²) in [5, 5.41) is 8.47. The first-order chi connectivity index (χ1) is 6.90. The molecule has 15 heavy (non-hydrogen) atoms.